The van der Waals surface area contributed by atoms with Gasteiger partial charge in [-0.15, -0.1) is 11.8 Å². The van der Waals surface area contributed by atoms with Crippen molar-refractivity contribution in [1.82, 2.24) is 0 Å². The van der Waals surface area contributed by atoms with Crippen molar-refractivity contribution in [2.24, 2.45) is 5.73 Å². The highest BCUT2D eigenvalue weighted by molar-refractivity contribution is 7.98. The third kappa shape index (κ3) is 3.12. The molecule has 0 radical (unpaired) electrons. The lowest BCUT2D eigenvalue weighted by Gasteiger charge is -2.15. The van der Waals surface area contributed by atoms with Crippen LogP contribution >= 0.6 is 11.8 Å². The second-order valence-electron chi connectivity index (χ2n) is 4.18. The molecule has 0 aliphatic rings. The zero-order valence-electron chi connectivity index (χ0n) is 10.3. The van der Waals surface area contributed by atoms with E-state index in [1.54, 1.807) is 23.9 Å². The summed E-state index contributed by atoms with van der Waals surface area (Å²) in [6.07, 6.45) is 2.68. The van der Waals surface area contributed by atoms with E-state index in [2.05, 4.69) is 6.07 Å². The summed E-state index contributed by atoms with van der Waals surface area (Å²) in [5.41, 5.74) is 8.27. The maximum atomic E-state index is 13.1. The van der Waals surface area contributed by atoms with Crippen LogP contribution in [0.15, 0.2) is 53.4 Å². The first-order valence-corrected chi connectivity index (χ1v) is 7.06. The quantitative estimate of drug-likeness (QED) is 0.847. The van der Waals surface area contributed by atoms with Crippen LogP contribution in [0.1, 0.15) is 17.2 Å². The molecule has 0 heterocycles. The second-order valence-corrected chi connectivity index (χ2v) is 5.03. The number of rotatable bonds is 4. The van der Waals surface area contributed by atoms with E-state index in [4.69, 9.17) is 5.73 Å². The summed E-state index contributed by atoms with van der Waals surface area (Å²) in [6.45, 7) is 0. The van der Waals surface area contributed by atoms with Gasteiger partial charge >= 0.3 is 0 Å². The van der Waals surface area contributed by atoms with Crippen LogP contribution in [0.2, 0.25) is 0 Å². The van der Waals surface area contributed by atoms with E-state index in [1.165, 1.54) is 11.0 Å². The number of nitrogens with two attached hydrogens (primary N) is 1. The first-order chi connectivity index (χ1) is 8.70. The van der Waals surface area contributed by atoms with Crippen molar-refractivity contribution in [1.29, 1.82) is 0 Å². The molecule has 2 N–H and O–H groups in total. The number of benzene rings is 2. The van der Waals surface area contributed by atoms with E-state index in [0.717, 1.165) is 11.1 Å². The fourth-order valence-electron chi connectivity index (χ4n) is 2.00. The molecule has 1 nitrogen and oxygen atoms in total. The Bertz CT molecular complexity index is 527. The lowest BCUT2D eigenvalue weighted by molar-refractivity contribution is 0.621. The average Bonchev–Trinajstić information content (AvgIpc) is 2.38. The molecule has 0 saturated heterocycles. The second kappa shape index (κ2) is 6.03. The van der Waals surface area contributed by atoms with Gasteiger partial charge in [0.1, 0.15) is 5.82 Å². The van der Waals surface area contributed by atoms with Crippen LogP contribution < -0.4 is 5.73 Å². The molecule has 0 bridgehead atoms. The standard InChI is InChI=1S/C15H16FNS/c1-18-15-8-3-2-7-13(15)14(17)10-11-5-4-6-12(16)9-11/h2-9,14H,10,17H2,1H3. The van der Waals surface area contributed by atoms with E-state index in [1.807, 2.05) is 30.5 Å². The Morgan fingerprint density at radius 3 is 2.67 bits per heavy atom. The highest BCUT2D eigenvalue weighted by atomic mass is 32.2. The minimum absolute atomic E-state index is 0.101. The van der Waals surface area contributed by atoms with Crippen LogP contribution in [0, 0.1) is 5.82 Å². The van der Waals surface area contributed by atoms with Crippen molar-refractivity contribution in [2.45, 2.75) is 17.4 Å². The van der Waals surface area contributed by atoms with Gasteiger partial charge in [0.15, 0.2) is 0 Å². The third-order valence-electron chi connectivity index (χ3n) is 2.88. The fraction of sp³-hybridized carbons (Fsp3) is 0.200. The number of hydrogen-bond donors (Lipinski definition) is 1. The minimum atomic E-state index is -0.210. The molecule has 94 valence electrons. The van der Waals surface area contributed by atoms with Gasteiger partial charge in [0, 0.05) is 10.9 Å². The molecular weight excluding hydrogens is 245 g/mol. The van der Waals surface area contributed by atoms with Crippen LogP contribution in [0.3, 0.4) is 0 Å². The predicted molar refractivity (Wildman–Crippen MR) is 75.3 cm³/mol. The van der Waals surface area contributed by atoms with E-state index in [9.17, 15) is 4.39 Å². The average molecular weight is 261 g/mol. The van der Waals surface area contributed by atoms with Crippen molar-refractivity contribution in [3.05, 3.63) is 65.5 Å². The summed E-state index contributed by atoms with van der Waals surface area (Å²) < 4.78 is 13.1. The summed E-state index contributed by atoms with van der Waals surface area (Å²) in [5, 5.41) is 0. The molecule has 3 heteroatoms. The van der Waals surface area contributed by atoms with Gasteiger partial charge in [-0.2, -0.15) is 0 Å². The van der Waals surface area contributed by atoms with Crippen molar-refractivity contribution in [3.8, 4) is 0 Å². The summed E-state index contributed by atoms with van der Waals surface area (Å²) in [6, 6.07) is 14.6. The lowest BCUT2D eigenvalue weighted by atomic mass is 10.00. The van der Waals surface area contributed by atoms with E-state index >= 15 is 0 Å². The smallest absolute Gasteiger partial charge is 0.123 e. The van der Waals surface area contributed by atoms with E-state index < -0.39 is 0 Å². The van der Waals surface area contributed by atoms with Gasteiger partial charge in [0.05, 0.1) is 0 Å². The van der Waals surface area contributed by atoms with Crippen LogP contribution in [-0.2, 0) is 6.42 Å². The summed E-state index contributed by atoms with van der Waals surface area (Å²) >= 11 is 1.68. The molecule has 1 atom stereocenters. The van der Waals surface area contributed by atoms with Gasteiger partial charge in [-0.05, 0) is 42.0 Å². The Balaban J connectivity index is 2.19. The molecule has 18 heavy (non-hydrogen) atoms. The molecule has 2 aromatic carbocycles. The van der Waals surface area contributed by atoms with Gasteiger partial charge in [-0.25, -0.2) is 4.39 Å². The molecule has 0 aliphatic carbocycles. The Hall–Kier alpha value is -1.32. The molecule has 0 aromatic heterocycles. The Morgan fingerprint density at radius 1 is 1.17 bits per heavy atom. The largest absolute Gasteiger partial charge is 0.324 e. The van der Waals surface area contributed by atoms with Gasteiger partial charge in [-0.3, -0.25) is 0 Å². The first kappa shape index (κ1) is 13.1. The Kier molecular flexibility index (Phi) is 4.39. The fourth-order valence-corrected chi connectivity index (χ4v) is 2.67. The summed E-state index contributed by atoms with van der Waals surface area (Å²) in [5.74, 6) is -0.210. The van der Waals surface area contributed by atoms with Crippen LogP contribution in [0.4, 0.5) is 4.39 Å². The van der Waals surface area contributed by atoms with Crippen molar-refractivity contribution in [2.75, 3.05) is 6.26 Å². The normalized spacial score (nSPS) is 12.4. The minimum Gasteiger partial charge on any atom is -0.324 e. The highest BCUT2D eigenvalue weighted by Gasteiger charge is 2.11. The topological polar surface area (TPSA) is 26.0 Å². The first-order valence-electron chi connectivity index (χ1n) is 5.83. The molecule has 0 aliphatic heterocycles. The van der Waals surface area contributed by atoms with Crippen molar-refractivity contribution in [3.63, 3.8) is 0 Å². The molecule has 0 amide bonds. The number of halogens is 1. The van der Waals surface area contributed by atoms with Crippen molar-refractivity contribution >= 4 is 11.8 Å². The summed E-state index contributed by atoms with van der Waals surface area (Å²) in [7, 11) is 0. The number of thioether (sulfide) groups is 1. The molecular formula is C15H16FNS. The third-order valence-corrected chi connectivity index (χ3v) is 3.69. The van der Waals surface area contributed by atoms with Crippen LogP contribution in [0.25, 0.3) is 0 Å². The van der Waals surface area contributed by atoms with Crippen molar-refractivity contribution < 1.29 is 4.39 Å². The Morgan fingerprint density at radius 2 is 1.94 bits per heavy atom. The van der Waals surface area contributed by atoms with E-state index in [0.29, 0.717) is 6.42 Å². The number of hydrogen-bond acceptors (Lipinski definition) is 2. The maximum absolute atomic E-state index is 13.1. The van der Waals surface area contributed by atoms with Gasteiger partial charge in [0.2, 0.25) is 0 Å². The molecule has 0 fully saturated rings. The van der Waals surface area contributed by atoms with Gasteiger partial charge in [0.25, 0.3) is 0 Å². The highest BCUT2D eigenvalue weighted by Crippen LogP contribution is 2.26. The molecule has 2 rings (SSSR count). The van der Waals surface area contributed by atoms with Gasteiger partial charge in [-0.1, -0.05) is 30.3 Å². The molecule has 1 unspecified atom stereocenters. The molecule has 0 saturated carbocycles. The Labute approximate surface area is 111 Å². The van der Waals surface area contributed by atoms with Crippen LogP contribution in [0.5, 0.6) is 0 Å². The van der Waals surface area contributed by atoms with Gasteiger partial charge < -0.3 is 5.73 Å². The zero-order valence-corrected chi connectivity index (χ0v) is 11.1. The molecule has 0 spiro atoms. The molecule has 2 aromatic rings. The van der Waals surface area contributed by atoms with Crippen LogP contribution in [-0.4, -0.2) is 6.26 Å². The SMILES string of the molecule is CSc1ccccc1C(N)Cc1cccc(F)c1. The lowest BCUT2D eigenvalue weighted by Crippen LogP contribution is -2.14. The predicted octanol–water partition coefficient (Wildman–Crippen LogP) is 3.79. The van der Waals surface area contributed by atoms with E-state index in [-0.39, 0.29) is 11.9 Å². The zero-order chi connectivity index (χ0) is 13.0. The maximum Gasteiger partial charge on any atom is 0.123 e. The monoisotopic (exact) mass is 261 g/mol. The summed E-state index contributed by atoms with van der Waals surface area (Å²) in [4.78, 5) is 1.18.